The van der Waals surface area contributed by atoms with Crippen LogP contribution in [0.5, 0.6) is 0 Å². The first-order valence-corrected chi connectivity index (χ1v) is 13.3. The van der Waals surface area contributed by atoms with Gasteiger partial charge in [-0.05, 0) is 76.9 Å². The van der Waals surface area contributed by atoms with Crippen molar-refractivity contribution >= 4 is 30.2 Å². The second-order valence-electron chi connectivity index (χ2n) is 11.3. The quantitative estimate of drug-likeness (QED) is 0.492. The van der Waals surface area contributed by atoms with Crippen molar-refractivity contribution in [2.45, 2.75) is 57.5 Å². The molecule has 3 heterocycles. The number of nitrogens with two attached hydrogens (primary N) is 2. The fraction of sp³-hybridized carbons (Fsp3) is 0.760. The minimum atomic E-state index is -0.931. The Kier molecular flexibility index (Phi) is 9.96. The van der Waals surface area contributed by atoms with Gasteiger partial charge in [-0.25, -0.2) is 9.59 Å². The summed E-state index contributed by atoms with van der Waals surface area (Å²) in [5.41, 5.74) is 10.5. The molecule has 4 rings (SSSR count). The molecule has 0 radical (unpaired) electrons. The molecule has 0 aromatic carbocycles. The van der Waals surface area contributed by atoms with Crippen LogP contribution < -0.4 is 22.5 Å². The van der Waals surface area contributed by atoms with Crippen LogP contribution in [-0.4, -0.2) is 94.1 Å². The molecule has 208 valence electrons. The van der Waals surface area contributed by atoms with E-state index >= 15 is 0 Å². The number of halogens is 1. The van der Waals surface area contributed by atoms with Gasteiger partial charge >= 0.3 is 11.7 Å². The number of anilines is 1. The Morgan fingerprint density at radius 1 is 1.03 bits per heavy atom. The minimum absolute atomic E-state index is 0. The molecular formula is C25H43ClN8O3. The Hall–Kier alpha value is -2.21. The molecular weight excluding hydrogens is 496 g/mol. The Morgan fingerprint density at radius 2 is 1.68 bits per heavy atom. The minimum Gasteiger partial charge on any atom is -0.338 e. The molecule has 3 aliphatic rings. The Balaban J connectivity index is 0.00000380. The number of carbonyl (C=O) groups excluding carboxylic acids is 2. The van der Waals surface area contributed by atoms with Crippen LogP contribution in [0.1, 0.15) is 52.0 Å². The predicted octanol–water partition coefficient (Wildman–Crippen LogP) is 1.09. The Labute approximate surface area is 225 Å². The van der Waals surface area contributed by atoms with Crippen LogP contribution in [0.25, 0.3) is 0 Å². The third kappa shape index (κ3) is 7.43. The van der Waals surface area contributed by atoms with E-state index in [2.05, 4.69) is 15.2 Å². The van der Waals surface area contributed by atoms with E-state index in [1.165, 1.54) is 6.42 Å². The highest BCUT2D eigenvalue weighted by atomic mass is 35.5. The van der Waals surface area contributed by atoms with Crippen LogP contribution >= 0.6 is 12.4 Å². The highest BCUT2D eigenvalue weighted by Gasteiger charge is 2.32. The maximum atomic E-state index is 12.7. The summed E-state index contributed by atoms with van der Waals surface area (Å²) in [5, 5.41) is 2.73. The van der Waals surface area contributed by atoms with Gasteiger partial charge in [0.15, 0.2) is 0 Å². The van der Waals surface area contributed by atoms with Crippen molar-refractivity contribution in [3.8, 4) is 0 Å². The second-order valence-corrected chi connectivity index (χ2v) is 11.3. The van der Waals surface area contributed by atoms with Crippen LogP contribution in [-0.2, 0) is 4.79 Å². The molecule has 5 N–H and O–H groups in total. The van der Waals surface area contributed by atoms with Gasteiger partial charge in [-0.1, -0.05) is 0 Å². The normalized spacial score (nSPS) is 25.0. The molecule has 12 heteroatoms. The van der Waals surface area contributed by atoms with Gasteiger partial charge in [0.05, 0.1) is 5.54 Å². The van der Waals surface area contributed by atoms with Crippen LogP contribution in [0.3, 0.4) is 0 Å². The van der Waals surface area contributed by atoms with Gasteiger partial charge in [-0.15, -0.1) is 12.4 Å². The summed E-state index contributed by atoms with van der Waals surface area (Å²) in [4.78, 5) is 47.7. The molecule has 2 aliphatic heterocycles. The lowest BCUT2D eigenvalue weighted by Crippen LogP contribution is -2.58. The molecule has 2 saturated heterocycles. The number of amides is 3. The van der Waals surface area contributed by atoms with Gasteiger partial charge in [0.2, 0.25) is 5.91 Å². The summed E-state index contributed by atoms with van der Waals surface area (Å²) in [6.45, 7) is 9.20. The first kappa shape index (κ1) is 29.3. The number of carbonyl (C=O) groups is 2. The summed E-state index contributed by atoms with van der Waals surface area (Å²) in [5.74, 6) is 1.44. The van der Waals surface area contributed by atoms with Gasteiger partial charge in [-0.2, -0.15) is 4.98 Å². The summed E-state index contributed by atoms with van der Waals surface area (Å²) in [6.07, 6.45) is 7.11. The van der Waals surface area contributed by atoms with Gasteiger partial charge in [0, 0.05) is 51.5 Å². The molecule has 3 fully saturated rings. The smallest absolute Gasteiger partial charge is 0.338 e. The van der Waals surface area contributed by atoms with Gasteiger partial charge in [0.25, 0.3) is 0 Å². The predicted molar refractivity (Wildman–Crippen MR) is 146 cm³/mol. The van der Waals surface area contributed by atoms with E-state index < -0.39 is 5.54 Å². The zero-order chi connectivity index (χ0) is 25.9. The van der Waals surface area contributed by atoms with Crippen LogP contribution in [0.4, 0.5) is 10.6 Å². The summed E-state index contributed by atoms with van der Waals surface area (Å²) < 4.78 is 1.71. The number of piperazine rings is 1. The SMILES string of the molecule is CC(C)(N)C(=O)N1CCN(C(=O)Nc2ccn([C@H]3CC[C@H](CN4CC[C@H](CN)C4)CC3)c(=O)n2)CC1.Cl. The average Bonchev–Trinajstić information content (AvgIpc) is 3.31. The van der Waals surface area contributed by atoms with E-state index in [0.29, 0.717) is 38.0 Å². The molecule has 1 saturated carbocycles. The van der Waals surface area contributed by atoms with Crippen LogP contribution in [0, 0.1) is 11.8 Å². The van der Waals surface area contributed by atoms with Crippen molar-refractivity contribution in [1.29, 1.82) is 0 Å². The van der Waals surface area contributed by atoms with E-state index in [9.17, 15) is 14.4 Å². The van der Waals surface area contributed by atoms with Crippen molar-refractivity contribution in [3.05, 3.63) is 22.7 Å². The van der Waals surface area contributed by atoms with Crippen molar-refractivity contribution in [3.63, 3.8) is 0 Å². The largest absolute Gasteiger partial charge is 0.349 e. The average molecular weight is 539 g/mol. The van der Waals surface area contributed by atoms with Crippen molar-refractivity contribution in [2.75, 3.05) is 57.7 Å². The molecule has 1 atom stereocenters. The number of hydrogen-bond acceptors (Lipinski definition) is 7. The zero-order valence-corrected chi connectivity index (χ0v) is 22.9. The number of nitrogens with zero attached hydrogens (tertiary/aromatic N) is 5. The Bertz CT molecular complexity index is 981. The van der Waals surface area contributed by atoms with E-state index in [4.69, 9.17) is 11.5 Å². The van der Waals surface area contributed by atoms with E-state index in [1.54, 1.807) is 40.5 Å². The molecule has 37 heavy (non-hydrogen) atoms. The third-order valence-corrected chi connectivity index (χ3v) is 7.90. The molecule has 3 amide bonds. The maximum Gasteiger partial charge on any atom is 0.349 e. The van der Waals surface area contributed by atoms with E-state index in [0.717, 1.165) is 51.9 Å². The fourth-order valence-electron chi connectivity index (χ4n) is 5.71. The lowest BCUT2D eigenvalue weighted by Gasteiger charge is -2.37. The van der Waals surface area contributed by atoms with Crippen molar-refractivity contribution < 1.29 is 9.59 Å². The molecule has 0 spiro atoms. The highest BCUT2D eigenvalue weighted by Crippen LogP contribution is 2.32. The number of nitrogens with one attached hydrogen (secondary N) is 1. The van der Waals surface area contributed by atoms with Gasteiger partial charge in [0.1, 0.15) is 5.82 Å². The van der Waals surface area contributed by atoms with Gasteiger partial charge < -0.3 is 26.2 Å². The first-order valence-electron chi connectivity index (χ1n) is 13.3. The van der Waals surface area contributed by atoms with Crippen molar-refractivity contribution in [2.24, 2.45) is 23.3 Å². The molecule has 0 unspecified atom stereocenters. The number of aromatic nitrogens is 2. The standard InChI is InChI=1S/C25H42N8O3.ClH/c1-25(2,27)22(34)31-11-13-32(14-12-31)23(35)28-21-8-10-33(24(36)29-21)20-5-3-18(4-6-20)16-30-9-7-19(15-26)17-30;/h8,10,18-20H,3-7,9,11-17,26-27H2,1-2H3,(H,28,29,35,36);1H/t18-,19-,20-;/m1./s1. The lowest BCUT2D eigenvalue weighted by atomic mass is 9.85. The summed E-state index contributed by atoms with van der Waals surface area (Å²) in [6, 6.07) is 1.52. The van der Waals surface area contributed by atoms with Crippen LogP contribution in [0.2, 0.25) is 0 Å². The zero-order valence-electron chi connectivity index (χ0n) is 22.1. The molecule has 0 bridgehead atoms. The number of rotatable bonds is 6. The Morgan fingerprint density at radius 3 is 2.24 bits per heavy atom. The summed E-state index contributed by atoms with van der Waals surface area (Å²) in [7, 11) is 0. The first-order chi connectivity index (χ1) is 17.1. The number of likely N-dealkylation sites (tertiary alicyclic amines) is 1. The topological polar surface area (TPSA) is 143 Å². The van der Waals surface area contributed by atoms with Crippen molar-refractivity contribution in [1.82, 2.24) is 24.3 Å². The van der Waals surface area contributed by atoms with E-state index in [1.807, 2.05) is 0 Å². The highest BCUT2D eigenvalue weighted by molar-refractivity contribution is 5.89. The molecule has 1 aromatic rings. The lowest BCUT2D eigenvalue weighted by molar-refractivity contribution is -0.137. The number of hydrogen-bond donors (Lipinski definition) is 3. The number of urea groups is 1. The monoisotopic (exact) mass is 538 g/mol. The van der Waals surface area contributed by atoms with Crippen LogP contribution in [0.15, 0.2) is 17.1 Å². The molecule has 1 aliphatic carbocycles. The third-order valence-electron chi connectivity index (χ3n) is 7.90. The fourth-order valence-corrected chi connectivity index (χ4v) is 5.71. The maximum absolute atomic E-state index is 12.7. The molecule has 11 nitrogen and oxygen atoms in total. The molecule has 1 aromatic heterocycles. The summed E-state index contributed by atoms with van der Waals surface area (Å²) >= 11 is 0. The second kappa shape index (κ2) is 12.6. The van der Waals surface area contributed by atoms with Gasteiger partial charge in [-0.3, -0.25) is 14.7 Å². The van der Waals surface area contributed by atoms with E-state index in [-0.39, 0.29) is 41.9 Å².